The molecule has 1 aliphatic rings. The van der Waals surface area contributed by atoms with Crippen molar-refractivity contribution in [1.29, 1.82) is 0 Å². The Morgan fingerprint density at radius 2 is 2.10 bits per heavy atom. The molecule has 0 radical (unpaired) electrons. The topological polar surface area (TPSA) is 69.6 Å². The summed E-state index contributed by atoms with van der Waals surface area (Å²) >= 11 is 3.26. The average Bonchev–Trinajstić information content (AvgIpc) is 2.38. The van der Waals surface area contributed by atoms with Crippen LogP contribution in [0.15, 0.2) is 22.7 Å². The smallest absolute Gasteiger partial charge is 0.306 e. The standard InChI is InChI=1S/C14H17BrFNO3/c15-10-2-1-3-11(16)12(10)17-8-14(20)6-4-9(5-7-14)13(18)19/h1-3,9,17,20H,4-8H2,(H,18,19). The highest BCUT2D eigenvalue weighted by Crippen LogP contribution is 2.33. The molecule has 110 valence electrons. The molecule has 0 unspecified atom stereocenters. The predicted octanol–water partition coefficient (Wildman–Crippen LogP) is 3.01. The number of hydrogen-bond donors (Lipinski definition) is 3. The normalized spacial score (nSPS) is 26.2. The highest BCUT2D eigenvalue weighted by molar-refractivity contribution is 9.10. The first-order chi connectivity index (χ1) is 9.41. The molecule has 3 N–H and O–H groups in total. The van der Waals surface area contributed by atoms with Crippen LogP contribution >= 0.6 is 15.9 Å². The number of carbonyl (C=O) groups is 1. The summed E-state index contributed by atoms with van der Waals surface area (Å²) in [4.78, 5) is 10.9. The Morgan fingerprint density at radius 3 is 2.65 bits per heavy atom. The fraction of sp³-hybridized carbons (Fsp3) is 0.500. The summed E-state index contributed by atoms with van der Waals surface area (Å²) in [6, 6.07) is 4.66. The molecule has 1 aromatic carbocycles. The maximum Gasteiger partial charge on any atom is 0.306 e. The Hall–Kier alpha value is -1.14. The number of aliphatic hydroxyl groups is 1. The Labute approximate surface area is 125 Å². The van der Waals surface area contributed by atoms with Gasteiger partial charge in [0, 0.05) is 11.0 Å². The van der Waals surface area contributed by atoms with E-state index in [9.17, 15) is 14.3 Å². The largest absolute Gasteiger partial charge is 0.481 e. The highest BCUT2D eigenvalue weighted by Gasteiger charge is 2.35. The van der Waals surface area contributed by atoms with Crippen LogP contribution in [0.4, 0.5) is 10.1 Å². The Kier molecular flexibility index (Phi) is 4.65. The van der Waals surface area contributed by atoms with Crippen molar-refractivity contribution < 1.29 is 19.4 Å². The minimum atomic E-state index is -0.979. The van der Waals surface area contributed by atoms with Crippen molar-refractivity contribution in [2.24, 2.45) is 5.92 Å². The second-order valence-corrected chi connectivity index (χ2v) is 6.14. The molecule has 0 bridgehead atoms. The van der Waals surface area contributed by atoms with Crippen LogP contribution in [0.25, 0.3) is 0 Å². The fourth-order valence-electron chi connectivity index (χ4n) is 2.50. The van der Waals surface area contributed by atoms with Crippen molar-refractivity contribution in [3.05, 3.63) is 28.5 Å². The van der Waals surface area contributed by atoms with Crippen LogP contribution in [0, 0.1) is 11.7 Å². The average molecular weight is 346 g/mol. The summed E-state index contributed by atoms with van der Waals surface area (Å²) in [5.74, 6) is -1.57. The minimum absolute atomic E-state index is 0.207. The highest BCUT2D eigenvalue weighted by atomic mass is 79.9. The van der Waals surface area contributed by atoms with Crippen molar-refractivity contribution in [2.45, 2.75) is 31.3 Å². The second kappa shape index (κ2) is 6.10. The Morgan fingerprint density at radius 1 is 1.45 bits per heavy atom. The van der Waals surface area contributed by atoms with Crippen LogP contribution in [0.5, 0.6) is 0 Å². The van der Waals surface area contributed by atoms with Gasteiger partial charge in [-0.05, 0) is 53.7 Å². The Bertz CT molecular complexity index is 481. The van der Waals surface area contributed by atoms with E-state index in [-0.39, 0.29) is 18.3 Å². The molecular weight excluding hydrogens is 329 g/mol. The van der Waals surface area contributed by atoms with E-state index in [4.69, 9.17) is 5.11 Å². The molecule has 6 heteroatoms. The first kappa shape index (κ1) is 15.3. The molecule has 4 nitrogen and oxygen atoms in total. The van der Waals surface area contributed by atoms with Gasteiger partial charge in [-0.15, -0.1) is 0 Å². The van der Waals surface area contributed by atoms with Crippen LogP contribution < -0.4 is 5.32 Å². The van der Waals surface area contributed by atoms with E-state index >= 15 is 0 Å². The van der Waals surface area contributed by atoms with Crippen molar-refractivity contribution in [3.63, 3.8) is 0 Å². The quantitative estimate of drug-likeness (QED) is 0.784. The lowest BCUT2D eigenvalue weighted by Crippen LogP contribution is -2.42. The van der Waals surface area contributed by atoms with E-state index in [0.29, 0.717) is 35.8 Å². The van der Waals surface area contributed by atoms with Gasteiger partial charge in [0.15, 0.2) is 0 Å². The van der Waals surface area contributed by atoms with E-state index in [2.05, 4.69) is 21.2 Å². The van der Waals surface area contributed by atoms with Gasteiger partial charge in [-0.3, -0.25) is 4.79 Å². The first-order valence-corrected chi connectivity index (χ1v) is 7.34. The summed E-state index contributed by atoms with van der Waals surface area (Å²) in [6.45, 7) is 0.207. The van der Waals surface area contributed by atoms with Crippen LogP contribution in [0.1, 0.15) is 25.7 Å². The molecule has 0 spiro atoms. The minimum Gasteiger partial charge on any atom is -0.481 e. The van der Waals surface area contributed by atoms with Crippen molar-refractivity contribution in [3.8, 4) is 0 Å². The maximum atomic E-state index is 13.6. The first-order valence-electron chi connectivity index (χ1n) is 6.54. The third kappa shape index (κ3) is 3.49. The van der Waals surface area contributed by atoms with Crippen LogP contribution in [0.2, 0.25) is 0 Å². The maximum absolute atomic E-state index is 13.6. The van der Waals surface area contributed by atoms with Crippen molar-refractivity contribution in [1.82, 2.24) is 0 Å². The molecule has 1 aromatic rings. The van der Waals surface area contributed by atoms with E-state index < -0.39 is 11.6 Å². The summed E-state index contributed by atoms with van der Waals surface area (Å²) < 4.78 is 14.2. The van der Waals surface area contributed by atoms with Crippen LogP contribution in [0.3, 0.4) is 0 Å². The summed E-state index contributed by atoms with van der Waals surface area (Å²) in [6.07, 6.45) is 1.71. The van der Waals surface area contributed by atoms with Gasteiger partial charge in [-0.25, -0.2) is 4.39 Å². The molecule has 0 saturated heterocycles. The van der Waals surface area contributed by atoms with Crippen molar-refractivity contribution >= 4 is 27.6 Å². The molecule has 0 amide bonds. The van der Waals surface area contributed by atoms with Gasteiger partial charge >= 0.3 is 5.97 Å². The number of benzene rings is 1. The lowest BCUT2D eigenvalue weighted by atomic mass is 9.79. The molecule has 0 heterocycles. The molecule has 1 aliphatic carbocycles. The van der Waals surface area contributed by atoms with E-state index in [1.807, 2.05) is 0 Å². The molecule has 1 saturated carbocycles. The molecular formula is C14H17BrFNO3. The molecule has 0 aliphatic heterocycles. The van der Waals surface area contributed by atoms with Gasteiger partial charge < -0.3 is 15.5 Å². The van der Waals surface area contributed by atoms with Gasteiger partial charge in [0.1, 0.15) is 5.82 Å². The third-order valence-corrected chi connectivity index (χ3v) is 4.48. The van der Waals surface area contributed by atoms with Gasteiger partial charge in [-0.2, -0.15) is 0 Å². The number of para-hydroxylation sites is 1. The van der Waals surface area contributed by atoms with Crippen LogP contribution in [-0.2, 0) is 4.79 Å². The van der Waals surface area contributed by atoms with Gasteiger partial charge in [0.2, 0.25) is 0 Å². The van der Waals surface area contributed by atoms with Crippen molar-refractivity contribution in [2.75, 3.05) is 11.9 Å². The zero-order valence-electron chi connectivity index (χ0n) is 10.9. The number of halogens is 2. The molecule has 0 aromatic heterocycles. The second-order valence-electron chi connectivity index (χ2n) is 5.29. The number of anilines is 1. The zero-order chi connectivity index (χ0) is 14.8. The van der Waals surface area contributed by atoms with E-state index in [1.165, 1.54) is 6.07 Å². The fourth-order valence-corrected chi connectivity index (χ4v) is 2.98. The number of hydrogen-bond acceptors (Lipinski definition) is 3. The van der Waals surface area contributed by atoms with E-state index in [1.54, 1.807) is 12.1 Å². The monoisotopic (exact) mass is 345 g/mol. The van der Waals surface area contributed by atoms with Gasteiger partial charge in [0.25, 0.3) is 0 Å². The van der Waals surface area contributed by atoms with Crippen LogP contribution in [-0.4, -0.2) is 28.3 Å². The molecule has 0 atom stereocenters. The number of rotatable bonds is 4. The summed E-state index contributed by atoms with van der Waals surface area (Å²) in [5.41, 5.74) is -0.658. The third-order valence-electron chi connectivity index (χ3n) is 3.82. The molecule has 1 fully saturated rings. The molecule has 2 rings (SSSR count). The number of carboxylic acids is 1. The van der Waals surface area contributed by atoms with Gasteiger partial charge in [-0.1, -0.05) is 6.07 Å². The number of aliphatic carboxylic acids is 1. The zero-order valence-corrected chi connectivity index (χ0v) is 12.5. The van der Waals surface area contributed by atoms with E-state index in [0.717, 1.165) is 0 Å². The molecule has 20 heavy (non-hydrogen) atoms. The lowest BCUT2D eigenvalue weighted by Gasteiger charge is -2.35. The number of carboxylic acid groups (broad SMARTS) is 1. The number of nitrogens with one attached hydrogen (secondary N) is 1. The lowest BCUT2D eigenvalue weighted by molar-refractivity contribution is -0.144. The summed E-state index contributed by atoms with van der Waals surface area (Å²) in [5, 5.41) is 22.3. The van der Waals surface area contributed by atoms with Gasteiger partial charge in [0.05, 0.1) is 17.2 Å². The SMILES string of the molecule is O=C(O)C1CCC(O)(CNc2c(F)cccc2Br)CC1. The summed E-state index contributed by atoms with van der Waals surface area (Å²) in [7, 11) is 0. The predicted molar refractivity (Wildman–Crippen MR) is 77.1 cm³/mol. The Balaban J connectivity index is 1.96.